The summed E-state index contributed by atoms with van der Waals surface area (Å²) >= 11 is 0. The molecule has 2 aromatic rings. The van der Waals surface area contributed by atoms with Crippen LogP contribution < -0.4 is 10.2 Å². The third-order valence-corrected chi connectivity index (χ3v) is 6.31. The van der Waals surface area contributed by atoms with Gasteiger partial charge in [-0.2, -0.15) is 13.2 Å². The van der Waals surface area contributed by atoms with Crippen LogP contribution in [-0.4, -0.2) is 56.7 Å². The number of ether oxygens (including phenoxy) is 1. The van der Waals surface area contributed by atoms with Crippen LogP contribution >= 0.6 is 0 Å². The Kier molecular flexibility index (Phi) is 6.71. The fourth-order valence-electron chi connectivity index (χ4n) is 4.75. The van der Waals surface area contributed by atoms with Gasteiger partial charge < -0.3 is 15.0 Å². The first-order chi connectivity index (χ1) is 15.4. The molecule has 1 saturated heterocycles. The first-order valence-electron chi connectivity index (χ1n) is 10.9. The van der Waals surface area contributed by atoms with Gasteiger partial charge in [0.1, 0.15) is 0 Å². The molecule has 0 saturated carbocycles. The van der Waals surface area contributed by atoms with Crippen LogP contribution in [0.25, 0.3) is 0 Å². The molecule has 2 heterocycles. The van der Waals surface area contributed by atoms with Crippen LogP contribution in [0.2, 0.25) is 0 Å². The lowest BCUT2D eigenvalue weighted by Gasteiger charge is -2.49. The number of rotatable bonds is 6. The quantitative estimate of drug-likeness (QED) is 0.690. The number of alkyl halides is 3. The van der Waals surface area contributed by atoms with Crippen molar-refractivity contribution < 1.29 is 22.7 Å². The topological polar surface area (TPSA) is 44.8 Å². The van der Waals surface area contributed by atoms with E-state index in [9.17, 15) is 18.0 Å². The lowest BCUT2D eigenvalue weighted by Crippen LogP contribution is -2.61. The van der Waals surface area contributed by atoms with Crippen molar-refractivity contribution in [1.29, 1.82) is 0 Å². The molecule has 0 aromatic heterocycles. The summed E-state index contributed by atoms with van der Waals surface area (Å²) in [6.07, 6.45) is -4.12. The maximum absolute atomic E-state index is 13.3. The predicted molar refractivity (Wildman–Crippen MR) is 116 cm³/mol. The zero-order chi connectivity index (χ0) is 22.7. The van der Waals surface area contributed by atoms with Crippen molar-refractivity contribution in [3.63, 3.8) is 0 Å². The number of fused-ring (bicyclic) bond motifs is 3. The van der Waals surface area contributed by atoms with Gasteiger partial charge in [0.2, 0.25) is 5.91 Å². The van der Waals surface area contributed by atoms with E-state index in [1.807, 2.05) is 18.2 Å². The van der Waals surface area contributed by atoms with E-state index in [1.54, 1.807) is 13.2 Å². The molecule has 0 unspecified atom stereocenters. The van der Waals surface area contributed by atoms with Gasteiger partial charge in [-0.1, -0.05) is 30.3 Å². The maximum Gasteiger partial charge on any atom is 0.416 e. The number of hydrogen-bond donors (Lipinski definition) is 1. The van der Waals surface area contributed by atoms with Crippen molar-refractivity contribution in [2.45, 2.75) is 25.2 Å². The number of nitrogens with one attached hydrogen (secondary N) is 1. The molecule has 2 aromatic carbocycles. The Bertz CT molecular complexity index is 936. The first-order valence-corrected chi connectivity index (χ1v) is 10.9. The number of benzene rings is 2. The molecule has 2 atom stereocenters. The Balaban J connectivity index is 1.59. The second-order valence-electron chi connectivity index (χ2n) is 8.42. The van der Waals surface area contributed by atoms with Crippen molar-refractivity contribution in [2.75, 3.05) is 44.8 Å². The lowest BCUT2D eigenvalue weighted by atomic mass is 9.82. The third kappa shape index (κ3) is 4.91. The SMILES string of the molecule is COCCNC(=O)[C@@H]1Cc2cc(C(F)(F)F)ccc2N2CCN(Cc3ccccc3)C[C@@H]12. The molecule has 2 aliphatic rings. The summed E-state index contributed by atoms with van der Waals surface area (Å²) in [5.41, 5.74) is 1.92. The summed E-state index contributed by atoms with van der Waals surface area (Å²) in [5, 5.41) is 2.90. The van der Waals surface area contributed by atoms with Gasteiger partial charge in [0, 0.05) is 45.5 Å². The van der Waals surface area contributed by atoms with E-state index in [0.717, 1.165) is 24.8 Å². The van der Waals surface area contributed by atoms with Gasteiger partial charge in [0.15, 0.2) is 0 Å². The van der Waals surface area contributed by atoms with Crippen LogP contribution in [0.3, 0.4) is 0 Å². The Morgan fingerprint density at radius 2 is 1.94 bits per heavy atom. The van der Waals surface area contributed by atoms with E-state index in [0.29, 0.717) is 38.2 Å². The number of hydrogen-bond acceptors (Lipinski definition) is 4. The highest BCUT2D eigenvalue weighted by atomic mass is 19.4. The maximum atomic E-state index is 13.3. The number of methoxy groups -OCH3 is 1. The van der Waals surface area contributed by atoms with Crippen LogP contribution in [0, 0.1) is 5.92 Å². The van der Waals surface area contributed by atoms with Crippen molar-refractivity contribution in [2.24, 2.45) is 5.92 Å². The third-order valence-electron chi connectivity index (χ3n) is 6.31. The fraction of sp³-hybridized carbons (Fsp3) is 0.458. The van der Waals surface area contributed by atoms with Gasteiger partial charge in [-0.25, -0.2) is 0 Å². The number of piperazine rings is 1. The van der Waals surface area contributed by atoms with E-state index in [4.69, 9.17) is 4.74 Å². The van der Waals surface area contributed by atoms with Crippen LogP contribution in [0.5, 0.6) is 0 Å². The molecule has 2 aliphatic heterocycles. The second-order valence-corrected chi connectivity index (χ2v) is 8.42. The van der Waals surface area contributed by atoms with Crippen molar-refractivity contribution >= 4 is 11.6 Å². The second kappa shape index (κ2) is 9.50. The number of nitrogens with zero attached hydrogens (tertiary/aromatic N) is 2. The smallest absolute Gasteiger partial charge is 0.383 e. The largest absolute Gasteiger partial charge is 0.416 e. The van der Waals surface area contributed by atoms with E-state index in [1.165, 1.54) is 11.6 Å². The Morgan fingerprint density at radius 1 is 1.16 bits per heavy atom. The van der Waals surface area contributed by atoms with Crippen LogP contribution in [0.4, 0.5) is 18.9 Å². The average molecular weight is 448 g/mol. The molecule has 1 N–H and O–H groups in total. The first kappa shape index (κ1) is 22.6. The minimum atomic E-state index is -4.41. The Labute approximate surface area is 186 Å². The monoisotopic (exact) mass is 447 g/mol. The van der Waals surface area contributed by atoms with Gasteiger partial charge in [0.25, 0.3) is 0 Å². The summed E-state index contributed by atoms with van der Waals surface area (Å²) in [6, 6.07) is 14.0. The Morgan fingerprint density at radius 3 is 2.66 bits per heavy atom. The highest BCUT2D eigenvalue weighted by Gasteiger charge is 2.42. The van der Waals surface area contributed by atoms with Crippen LogP contribution in [0.1, 0.15) is 16.7 Å². The molecule has 1 fully saturated rings. The molecule has 8 heteroatoms. The molecule has 0 spiro atoms. The summed E-state index contributed by atoms with van der Waals surface area (Å²) in [7, 11) is 1.56. The number of halogens is 3. The van der Waals surface area contributed by atoms with Gasteiger partial charge in [-0.3, -0.25) is 9.69 Å². The van der Waals surface area contributed by atoms with Gasteiger partial charge in [-0.05, 0) is 35.7 Å². The molecule has 5 nitrogen and oxygen atoms in total. The van der Waals surface area contributed by atoms with Crippen LogP contribution in [-0.2, 0) is 28.7 Å². The lowest BCUT2D eigenvalue weighted by molar-refractivity contribution is -0.137. The summed E-state index contributed by atoms with van der Waals surface area (Å²) in [6.45, 7) is 3.67. The molecule has 0 radical (unpaired) electrons. The standard InChI is InChI=1S/C24H28F3N3O2/c1-32-12-9-28-23(31)20-14-18-13-19(24(25,26)27)7-8-21(18)30-11-10-29(16-22(20)30)15-17-5-3-2-4-6-17/h2-8,13,20,22H,9-12,14-16H2,1H3,(H,28,31)/t20-,22+/m1/s1. The van der Waals surface area contributed by atoms with Crippen molar-refractivity contribution in [1.82, 2.24) is 10.2 Å². The highest BCUT2D eigenvalue weighted by Crippen LogP contribution is 2.39. The molecule has 0 aliphatic carbocycles. The molecular formula is C24H28F3N3O2. The molecular weight excluding hydrogens is 419 g/mol. The summed E-state index contributed by atoms with van der Waals surface area (Å²) < 4.78 is 44.9. The normalized spacial score (nSPS) is 21.1. The van der Waals surface area contributed by atoms with Crippen molar-refractivity contribution in [3.05, 3.63) is 65.2 Å². The number of amides is 1. The Hall–Kier alpha value is -2.58. The predicted octanol–water partition coefficient (Wildman–Crippen LogP) is 3.33. The number of carbonyl (C=O) groups is 1. The van der Waals surface area contributed by atoms with Crippen LogP contribution in [0.15, 0.2) is 48.5 Å². The van der Waals surface area contributed by atoms with E-state index in [-0.39, 0.29) is 11.9 Å². The molecule has 32 heavy (non-hydrogen) atoms. The molecule has 1 amide bonds. The zero-order valence-electron chi connectivity index (χ0n) is 18.1. The zero-order valence-corrected chi connectivity index (χ0v) is 18.1. The average Bonchev–Trinajstić information content (AvgIpc) is 2.78. The fourth-order valence-corrected chi connectivity index (χ4v) is 4.75. The molecule has 172 valence electrons. The van der Waals surface area contributed by atoms with Gasteiger partial charge in [-0.15, -0.1) is 0 Å². The van der Waals surface area contributed by atoms with Gasteiger partial charge >= 0.3 is 6.18 Å². The summed E-state index contributed by atoms with van der Waals surface area (Å²) in [5.74, 6) is -0.567. The highest BCUT2D eigenvalue weighted by molar-refractivity contribution is 5.82. The molecule has 0 bridgehead atoms. The van der Waals surface area contributed by atoms with Gasteiger partial charge in [0.05, 0.1) is 24.1 Å². The van der Waals surface area contributed by atoms with E-state index >= 15 is 0 Å². The van der Waals surface area contributed by atoms with Crippen molar-refractivity contribution in [3.8, 4) is 0 Å². The number of anilines is 1. The number of carbonyl (C=O) groups excluding carboxylic acids is 1. The molecule has 4 rings (SSSR count). The minimum Gasteiger partial charge on any atom is -0.383 e. The van der Waals surface area contributed by atoms with E-state index in [2.05, 4.69) is 27.2 Å². The minimum absolute atomic E-state index is 0.0979. The van der Waals surface area contributed by atoms with E-state index < -0.39 is 17.7 Å². The summed E-state index contributed by atoms with van der Waals surface area (Å²) in [4.78, 5) is 17.5.